The van der Waals surface area contributed by atoms with E-state index in [4.69, 9.17) is 4.74 Å². The fourth-order valence-corrected chi connectivity index (χ4v) is 3.07. The molecule has 0 radical (unpaired) electrons. The van der Waals surface area contributed by atoms with Crippen molar-refractivity contribution in [3.05, 3.63) is 35.4 Å². The van der Waals surface area contributed by atoms with Crippen LogP contribution in [0.3, 0.4) is 0 Å². The molecule has 0 bridgehead atoms. The first-order valence-corrected chi connectivity index (χ1v) is 7.86. The number of hydrogen-bond donors (Lipinski definition) is 0. The lowest BCUT2D eigenvalue weighted by molar-refractivity contribution is 0.0912. The predicted octanol–water partition coefficient (Wildman–Crippen LogP) is 2.45. The second-order valence-corrected chi connectivity index (χ2v) is 6.00. The molecule has 3 rings (SSSR count). The lowest BCUT2D eigenvalue weighted by atomic mass is 10.2. The summed E-state index contributed by atoms with van der Waals surface area (Å²) < 4.78 is 7.49. The van der Waals surface area contributed by atoms with Crippen LogP contribution in [0.25, 0.3) is 0 Å². The van der Waals surface area contributed by atoms with Gasteiger partial charge >= 0.3 is 0 Å². The first-order valence-electron chi connectivity index (χ1n) is 6.87. The van der Waals surface area contributed by atoms with Gasteiger partial charge in [0, 0.05) is 12.4 Å². The average molecular weight is 290 g/mol. The standard InChI is InChI=1S/C14H18N4OS/c1-11-4-6-12(7-5-11)10-20-14-15-16-17-18(14)9-13-3-2-8-19-13/h4-7,13H,2-3,8-10H2,1H3. The maximum absolute atomic E-state index is 5.63. The van der Waals surface area contributed by atoms with E-state index in [2.05, 4.69) is 46.7 Å². The van der Waals surface area contributed by atoms with Gasteiger partial charge in [-0.2, -0.15) is 0 Å². The molecule has 20 heavy (non-hydrogen) atoms. The van der Waals surface area contributed by atoms with Crippen LogP contribution in [0.5, 0.6) is 0 Å². The van der Waals surface area contributed by atoms with Crippen LogP contribution in [0.15, 0.2) is 29.4 Å². The minimum absolute atomic E-state index is 0.261. The second kappa shape index (κ2) is 6.37. The molecule has 2 aromatic rings. The molecule has 1 aromatic heterocycles. The topological polar surface area (TPSA) is 52.8 Å². The van der Waals surface area contributed by atoms with E-state index in [1.807, 2.05) is 4.68 Å². The number of thioether (sulfide) groups is 1. The highest BCUT2D eigenvalue weighted by atomic mass is 32.2. The van der Waals surface area contributed by atoms with E-state index in [1.165, 1.54) is 11.1 Å². The minimum Gasteiger partial charge on any atom is -0.376 e. The number of tetrazole rings is 1. The van der Waals surface area contributed by atoms with Gasteiger partial charge < -0.3 is 4.74 Å². The third kappa shape index (κ3) is 3.37. The van der Waals surface area contributed by atoms with Gasteiger partial charge in [-0.25, -0.2) is 4.68 Å². The predicted molar refractivity (Wildman–Crippen MR) is 77.5 cm³/mol. The van der Waals surface area contributed by atoms with E-state index in [1.54, 1.807) is 11.8 Å². The number of nitrogens with zero attached hydrogens (tertiary/aromatic N) is 4. The molecule has 6 heteroatoms. The van der Waals surface area contributed by atoms with Crippen molar-refractivity contribution in [3.8, 4) is 0 Å². The van der Waals surface area contributed by atoms with Gasteiger partial charge in [0.15, 0.2) is 0 Å². The van der Waals surface area contributed by atoms with Crippen molar-refractivity contribution in [2.45, 2.75) is 43.3 Å². The maximum atomic E-state index is 5.63. The summed E-state index contributed by atoms with van der Waals surface area (Å²) >= 11 is 1.67. The highest BCUT2D eigenvalue weighted by Gasteiger charge is 2.18. The molecule has 1 aliphatic rings. The van der Waals surface area contributed by atoms with Crippen LogP contribution in [0.1, 0.15) is 24.0 Å². The molecule has 0 saturated carbocycles. The molecule has 1 saturated heterocycles. The van der Waals surface area contributed by atoms with Crippen LogP contribution >= 0.6 is 11.8 Å². The van der Waals surface area contributed by atoms with E-state index in [9.17, 15) is 0 Å². The largest absolute Gasteiger partial charge is 0.376 e. The molecule has 106 valence electrons. The summed E-state index contributed by atoms with van der Waals surface area (Å²) in [6.07, 6.45) is 2.50. The lowest BCUT2D eigenvalue weighted by Gasteiger charge is -2.09. The molecule has 1 atom stereocenters. The quantitative estimate of drug-likeness (QED) is 0.792. The molecule has 2 heterocycles. The molecule has 0 aliphatic carbocycles. The second-order valence-electron chi connectivity index (χ2n) is 5.05. The molecule has 1 aliphatic heterocycles. The van der Waals surface area contributed by atoms with Crippen LogP contribution in [-0.4, -0.2) is 32.9 Å². The van der Waals surface area contributed by atoms with Crippen molar-refractivity contribution in [1.29, 1.82) is 0 Å². The zero-order valence-corrected chi connectivity index (χ0v) is 12.3. The Kier molecular flexibility index (Phi) is 4.32. The summed E-state index contributed by atoms with van der Waals surface area (Å²) in [6.45, 7) is 3.71. The van der Waals surface area contributed by atoms with Gasteiger partial charge in [-0.15, -0.1) is 5.10 Å². The van der Waals surface area contributed by atoms with Crippen LogP contribution in [0, 0.1) is 6.92 Å². The number of aryl methyl sites for hydroxylation is 1. The highest BCUT2D eigenvalue weighted by Crippen LogP contribution is 2.22. The Morgan fingerprint density at radius 2 is 2.20 bits per heavy atom. The zero-order chi connectivity index (χ0) is 13.8. The molecule has 1 aromatic carbocycles. The fraction of sp³-hybridized carbons (Fsp3) is 0.500. The summed E-state index contributed by atoms with van der Waals surface area (Å²) in [4.78, 5) is 0. The number of hydrogen-bond acceptors (Lipinski definition) is 5. The van der Waals surface area contributed by atoms with Gasteiger partial charge in [0.2, 0.25) is 5.16 Å². The Balaban J connectivity index is 1.59. The first-order chi connectivity index (χ1) is 9.81. The van der Waals surface area contributed by atoms with Crippen molar-refractivity contribution in [3.63, 3.8) is 0 Å². The fourth-order valence-electron chi connectivity index (χ4n) is 2.23. The Morgan fingerprint density at radius 1 is 1.35 bits per heavy atom. The molecule has 0 N–H and O–H groups in total. The van der Waals surface area contributed by atoms with E-state index >= 15 is 0 Å². The van der Waals surface area contributed by atoms with Crippen molar-refractivity contribution in [2.75, 3.05) is 6.61 Å². The van der Waals surface area contributed by atoms with Crippen molar-refractivity contribution >= 4 is 11.8 Å². The van der Waals surface area contributed by atoms with Crippen LogP contribution in [0.4, 0.5) is 0 Å². The molecular weight excluding hydrogens is 272 g/mol. The third-order valence-electron chi connectivity index (χ3n) is 3.39. The smallest absolute Gasteiger partial charge is 0.209 e. The Hall–Kier alpha value is -1.40. The van der Waals surface area contributed by atoms with E-state index < -0.39 is 0 Å². The maximum Gasteiger partial charge on any atom is 0.209 e. The van der Waals surface area contributed by atoms with E-state index in [0.29, 0.717) is 0 Å². The Bertz CT molecular complexity index is 549. The van der Waals surface area contributed by atoms with Crippen LogP contribution < -0.4 is 0 Å². The SMILES string of the molecule is Cc1ccc(CSc2nnnn2CC2CCCO2)cc1. The Labute approximate surface area is 122 Å². The number of rotatable bonds is 5. The van der Waals surface area contributed by atoms with Gasteiger partial charge in [0.1, 0.15) is 0 Å². The average Bonchev–Trinajstić information content (AvgIpc) is 3.11. The van der Waals surface area contributed by atoms with Gasteiger partial charge in [-0.3, -0.25) is 0 Å². The third-order valence-corrected chi connectivity index (χ3v) is 4.42. The molecule has 1 fully saturated rings. The zero-order valence-electron chi connectivity index (χ0n) is 11.5. The van der Waals surface area contributed by atoms with Gasteiger partial charge in [-0.1, -0.05) is 41.6 Å². The highest BCUT2D eigenvalue weighted by molar-refractivity contribution is 7.98. The molecule has 0 amide bonds. The summed E-state index contributed by atoms with van der Waals surface area (Å²) in [7, 11) is 0. The van der Waals surface area contributed by atoms with E-state index in [0.717, 1.165) is 36.9 Å². The van der Waals surface area contributed by atoms with Crippen LogP contribution in [0.2, 0.25) is 0 Å². The van der Waals surface area contributed by atoms with Gasteiger partial charge in [0.25, 0.3) is 0 Å². The number of aromatic nitrogens is 4. The monoisotopic (exact) mass is 290 g/mol. The molecule has 0 spiro atoms. The normalized spacial score (nSPS) is 18.6. The molecule has 5 nitrogen and oxygen atoms in total. The van der Waals surface area contributed by atoms with Crippen molar-refractivity contribution in [2.24, 2.45) is 0 Å². The number of ether oxygens (including phenoxy) is 1. The summed E-state index contributed by atoms with van der Waals surface area (Å²) in [5.74, 6) is 0.881. The summed E-state index contributed by atoms with van der Waals surface area (Å²) in [5.41, 5.74) is 2.56. The van der Waals surface area contributed by atoms with Crippen LogP contribution in [-0.2, 0) is 17.0 Å². The Morgan fingerprint density at radius 3 is 2.95 bits per heavy atom. The lowest BCUT2D eigenvalue weighted by Crippen LogP contribution is -2.16. The van der Waals surface area contributed by atoms with Crippen molar-refractivity contribution in [1.82, 2.24) is 20.2 Å². The van der Waals surface area contributed by atoms with Crippen molar-refractivity contribution < 1.29 is 4.74 Å². The van der Waals surface area contributed by atoms with Gasteiger partial charge in [0.05, 0.1) is 12.6 Å². The summed E-state index contributed by atoms with van der Waals surface area (Å²) in [6, 6.07) is 8.56. The summed E-state index contributed by atoms with van der Waals surface area (Å²) in [5, 5.41) is 12.8. The first kappa shape index (κ1) is 13.6. The number of benzene rings is 1. The minimum atomic E-state index is 0.261. The molecular formula is C14H18N4OS. The molecule has 1 unspecified atom stereocenters. The van der Waals surface area contributed by atoms with Gasteiger partial charge in [-0.05, 0) is 35.8 Å². The van der Waals surface area contributed by atoms with E-state index in [-0.39, 0.29) is 6.10 Å².